The minimum Gasteiger partial charge on any atom is -0.370 e. The molecular formula is C19H32N4. The van der Waals surface area contributed by atoms with Crippen LogP contribution in [-0.4, -0.2) is 36.0 Å². The summed E-state index contributed by atoms with van der Waals surface area (Å²) in [5.74, 6) is 1.01. The van der Waals surface area contributed by atoms with Crippen molar-refractivity contribution in [2.45, 2.75) is 65.0 Å². The van der Waals surface area contributed by atoms with Crippen molar-refractivity contribution in [2.24, 2.45) is 10.7 Å². The lowest BCUT2D eigenvalue weighted by atomic mass is 10.0. The minimum absolute atomic E-state index is 0.438. The number of hydrogen-bond donors (Lipinski definition) is 2. The van der Waals surface area contributed by atoms with Crippen molar-refractivity contribution in [3.8, 4) is 0 Å². The average Bonchev–Trinajstić information content (AvgIpc) is 2.53. The Balaban J connectivity index is 1.91. The van der Waals surface area contributed by atoms with Gasteiger partial charge in [0.05, 0.1) is 6.54 Å². The van der Waals surface area contributed by atoms with Crippen LogP contribution in [0.4, 0.5) is 5.69 Å². The predicted octanol–water partition coefficient (Wildman–Crippen LogP) is 3.80. The van der Waals surface area contributed by atoms with E-state index in [1.807, 2.05) is 6.07 Å². The second kappa shape index (κ2) is 8.34. The molecule has 128 valence electrons. The number of benzene rings is 1. The van der Waals surface area contributed by atoms with Gasteiger partial charge in [0.1, 0.15) is 0 Å². The van der Waals surface area contributed by atoms with Gasteiger partial charge in [-0.3, -0.25) is 9.89 Å². The summed E-state index contributed by atoms with van der Waals surface area (Å²) in [5.41, 5.74) is 8.38. The van der Waals surface area contributed by atoms with Crippen LogP contribution in [0.3, 0.4) is 0 Å². The molecule has 3 N–H and O–H groups in total. The van der Waals surface area contributed by atoms with Crippen LogP contribution in [0.5, 0.6) is 0 Å². The van der Waals surface area contributed by atoms with Crippen LogP contribution < -0.4 is 11.1 Å². The quantitative estimate of drug-likeness (QED) is 0.642. The van der Waals surface area contributed by atoms with E-state index in [9.17, 15) is 0 Å². The SMILES string of the molecule is CC(C)c1cccc(NC(N)=NCC(C)N2CCCCC2C)c1. The molecule has 23 heavy (non-hydrogen) atoms. The molecule has 2 rings (SSSR count). The summed E-state index contributed by atoms with van der Waals surface area (Å²) >= 11 is 0. The van der Waals surface area contributed by atoms with Gasteiger partial charge in [0.15, 0.2) is 5.96 Å². The third-order valence-corrected chi connectivity index (χ3v) is 4.77. The zero-order chi connectivity index (χ0) is 16.8. The molecule has 0 bridgehead atoms. The number of aliphatic imine (C=N–C) groups is 1. The first-order chi connectivity index (χ1) is 11.0. The van der Waals surface area contributed by atoms with Gasteiger partial charge in [0.25, 0.3) is 0 Å². The molecule has 0 amide bonds. The molecule has 1 aliphatic heterocycles. The highest BCUT2D eigenvalue weighted by Crippen LogP contribution is 2.20. The van der Waals surface area contributed by atoms with Gasteiger partial charge in [0, 0.05) is 17.8 Å². The van der Waals surface area contributed by atoms with Crippen molar-refractivity contribution < 1.29 is 0 Å². The van der Waals surface area contributed by atoms with Gasteiger partial charge in [-0.1, -0.05) is 32.4 Å². The molecule has 0 aromatic heterocycles. The molecule has 0 aliphatic carbocycles. The highest BCUT2D eigenvalue weighted by molar-refractivity contribution is 5.92. The maximum absolute atomic E-state index is 6.06. The smallest absolute Gasteiger partial charge is 0.193 e. The number of nitrogens with two attached hydrogens (primary N) is 1. The molecule has 1 fully saturated rings. The van der Waals surface area contributed by atoms with E-state index in [0.29, 0.717) is 24.0 Å². The Morgan fingerprint density at radius 2 is 2.13 bits per heavy atom. The van der Waals surface area contributed by atoms with Gasteiger partial charge >= 0.3 is 0 Å². The van der Waals surface area contributed by atoms with Gasteiger partial charge in [-0.2, -0.15) is 0 Å². The number of anilines is 1. The van der Waals surface area contributed by atoms with E-state index >= 15 is 0 Å². The van der Waals surface area contributed by atoms with Crippen LogP contribution in [-0.2, 0) is 0 Å². The summed E-state index contributed by atoms with van der Waals surface area (Å²) in [4.78, 5) is 7.10. The molecule has 2 atom stereocenters. The van der Waals surface area contributed by atoms with Crippen molar-refractivity contribution in [1.29, 1.82) is 0 Å². The van der Waals surface area contributed by atoms with E-state index in [0.717, 1.165) is 12.2 Å². The lowest BCUT2D eigenvalue weighted by Crippen LogP contribution is -2.45. The number of hydrogen-bond acceptors (Lipinski definition) is 2. The van der Waals surface area contributed by atoms with Crippen molar-refractivity contribution in [3.63, 3.8) is 0 Å². The van der Waals surface area contributed by atoms with Gasteiger partial charge in [-0.25, -0.2) is 0 Å². The van der Waals surface area contributed by atoms with Gasteiger partial charge in [-0.05, 0) is 56.8 Å². The Hall–Kier alpha value is -1.55. The fourth-order valence-corrected chi connectivity index (χ4v) is 3.27. The molecular weight excluding hydrogens is 284 g/mol. The normalized spacial score (nSPS) is 21.4. The van der Waals surface area contributed by atoms with Gasteiger partial charge in [0.2, 0.25) is 0 Å². The molecule has 0 radical (unpaired) electrons. The highest BCUT2D eigenvalue weighted by Gasteiger charge is 2.22. The van der Waals surface area contributed by atoms with Gasteiger partial charge in [-0.15, -0.1) is 0 Å². The second-order valence-electron chi connectivity index (χ2n) is 7.06. The Kier molecular flexibility index (Phi) is 6.46. The van der Waals surface area contributed by atoms with Gasteiger partial charge < -0.3 is 11.1 Å². The summed E-state index contributed by atoms with van der Waals surface area (Å²) < 4.78 is 0. The summed E-state index contributed by atoms with van der Waals surface area (Å²) in [6, 6.07) is 9.47. The average molecular weight is 316 g/mol. The van der Waals surface area contributed by atoms with Crippen LogP contribution in [0.15, 0.2) is 29.3 Å². The molecule has 1 heterocycles. The zero-order valence-corrected chi connectivity index (χ0v) is 15.0. The molecule has 4 nitrogen and oxygen atoms in total. The van der Waals surface area contributed by atoms with E-state index < -0.39 is 0 Å². The fraction of sp³-hybridized carbons (Fsp3) is 0.632. The van der Waals surface area contributed by atoms with Crippen molar-refractivity contribution in [3.05, 3.63) is 29.8 Å². The van der Waals surface area contributed by atoms with Crippen LogP contribution in [0.1, 0.15) is 58.4 Å². The maximum Gasteiger partial charge on any atom is 0.193 e. The number of piperidine rings is 1. The molecule has 0 saturated carbocycles. The maximum atomic E-state index is 6.06. The molecule has 1 aliphatic rings. The molecule has 4 heteroatoms. The minimum atomic E-state index is 0.438. The third kappa shape index (κ3) is 5.24. The summed E-state index contributed by atoms with van der Waals surface area (Å²) in [6.45, 7) is 10.9. The first-order valence-corrected chi connectivity index (χ1v) is 8.90. The summed E-state index contributed by atoms with van der Waals surface area (Å²) in [7, 11) is 0. The van der Waals surface area contributed by atoms with Crippen molar-refractivity contribution in [1.82, 2.24) is 4.90 Å². The van der Waals surface area contributed by atoms with Crippen LogP contribution >= 0.6 is 0 Å². The number of likely N-dealkylation sites (tertiary alicyclic amines) is 1. The van der Waals surface area contributed by atoms with E-state index in [1.165, 1.54) is 31.4 Å². The Bertz CT molecular complexity index is 524. The first kappa shape index (κ1) is 17.8. The monoisotopic (exact) mass is 316 g/mol. The van der Waals surface area contributed by atoms with Crippen molar-refractivity contribution in [2.75, 3.05) is 18.4 Å². The zero-order valence-electron chi connectivity index (χ0n) is 15.0. The molecule has 1 saturated heterocycles. The lowest BCUT2D eigenvalue weighted by molar-refractivity contribution is 0.118. The number of nitrogens with one attached hydrogen (secondary N) is 1. The number of guanidine groups is 1. The van der Waals surface area contributed by atoms with E-state index in [2.05, 4.69) is 61.1 Å². The Labute approximate surface area is 141 Å². The topological polar surface area (TPSA) is 53.6 Å². The Morgan fingerprint density at radius 1 is 1.35 bits per heavy atom. The van der Waals surface area contributed by atoms with E-state index in [-0.39, 0.29) is 0 Å². The van der Waals surface area contributed by atoms with Crippen LogP contribution in [0.25, 0.3) is 0 Å². The molecule has 1 aromatic carbocycles. The molecule has 2 unspecified atom stereocenters. The Morgan fingerprint density at radius 3 is 2.83 bits per heavy atom. The van der Waals surface area contributed by atoms with E-state index in [4.69, 9.17) is 5.73 Å². The number of rotatable bonds is 5. The molecule has 1 aromatic rings. The largest absolute Gasteiger partial charge is 0.370 e. The van der Waals surface area contributed by atoms with Crippen LogP contribution in [0, 0.1) is 0 Å². The second-order valence-corrected chi connectivity index (χ2v) is 7.06. The predicted molar refractivity (Wildman–Crippen MR) is 100 cm³/mol. The van der Waals surface area contributed by atoms with Crippen molar-refractivity contribution >= 4 is 11.6 Å². The highest BCUT2D eigenvalue weighted by atomic mass is 15.2. The third-order valence-electron chi connectivity index (χ3n) is 4.77. The standard InChI is InChI=1S/C19H32N4/c1-14(2)17-9-7-10-18(12-17)22-19(20)21-13-16(4)23-11-6-5-8-15(23)3/h7,9-10,12,14-16H,5-6,8,11,13H2,1-4H3,(H3,20,21,22). The fourth-order valence-electron chi connectivity index (χ4n) is 3.27. The summed E-state index contributed by atoms with van der Waals surface area (Å²) in [5, 5.41) is 3.22. The first-order valence-electron chi connectivity index (χ1n) is 8.90. The lowest BCUT2D eigenvalue weighted by Gasteiger charge is -2.37. The molecule has 0 spiro atoms. The van der Waals surface area contributed by atoms with E-state index in [1.54, 1.807) is 0 Å². The summed E-state index contributed by atoms with van der Waals surface area (Å²) in [6.07, 6.45) is 3.95. The number of nitrogens with zero attached hydrogens (tertiary/aromatic N) is 2. The van der Waals surface area contributed by atoms with Crippen LogP contribution in [0.2, 0.25) is 0 Å².